The molecule has 0 saturated heterocycles. The quantitative estimate of drug-likeness (QED) is 0.179. The molecule has 0 spiro atoms. The minimum Gasteiger partial charge on any atom is -0.309 e. The molecule has 4 aromatic heterocycles. The lowest BCUT2D eigenvalue weighted by Gasteiger charge is -2.27. The fourth-order valence-corrected chi connectivity index (χ4v) is 7.97. The van der Waals surface area contributed by atoms with E-state index in [1.54, 1.807) is 6.20 Å². The number of aromatic nitrogens is 4. The normalized spacial score (nSPS) is 18.7. The number of hydrogen-bond donors (Lipinski definition) is 0. The van der Waals surface area contributed by atoms with Gasteiger partial charge in [0, 0.05) is 52.5 Å². The molecule has 0 amide bonds. The molecule has 2 fully saturated rings. The van der Waals surface area contributed by atoms with Crippen molar-refractivity contribution in [3.8, 4) is 22.4 Å². The van der Waals surface area contributed by atoms with Gasteiger partial charge in [-0.1, -0.05) is 48.9 Å². The predicted octanol–water partition coefficient (Wildman–Crippen LogP) is 10.3. The van der Waals surface area contributed by atoms with Crippen LogP contribution in [0.3, 0.4) is 0 Å². The summed E-state index contributed by atoms with van der Waals surface area (Å²) in [5.74, 6) is 2.51. The maximum Gasteiger partial charge on any atom is 0.0970 e. The minimum atomic E-state index is 0.712. The van der Waals surface area contributed by atoms with Crippen LogP contribution in [0.4, 0.5) is 17.1 Å². The van der Waals surface area contributed by atoms with Crippen LogP contribution in [0.5, 0.6) is 0 Å². The van der Waals surface area contributed by atoms with Gasteiger partial charge < -0.3 is 4.90 Å². The van der Waals surface area contributed by atoms with E-state index in [1.165, 1.54) is 31.2 Å². The van der Waals surface area contributed by atoms with Gasteiger partial charge in [0.1, 0.15) is 0 Å². The van der Waals surface area contributed by atoms with Crippen molar-refractivity contribution in [1.29, 1.82) is 0 Å². The highest BCUT2D eigenvalue weighted by molar-refractivity contribution is 6.08. The first-order valence-corrected chi connectivity index (χ1v) is 16.3. The number of nitrogens with zero attached hydrogens (tertiary/aromatic N) is 5. The molecular formula is C41H33N5. The van der Waals surface area contributed by atoms with E-state index >= 15 is 0 Å². The standard InChI is InChI=1S/C41H33N5/c1-4-32(25-42-20-1)39-18-16-35(26-45-39)46(34-14-9-29(10-15-34)38-24-27-5-6-31(38)23-27)33-12-7-28(8-13-33)36-19-22-44-41-37(36)17-11-30-3-2-21-43-40(30)41/h1-4,7-22,25-27,31,38H,5-6,23-24H2. The molecule has 5 heteroatoms. The Balaban J connectivity index is 1.09. The van der Waals surface area contributed by atoms with Gasteiger partial charge in [-0.2, -0.15) is 0 Å². The Bertz CT molecular complexity index is 2160. The molecule has 222 valence electrons. The zero-order valence-corrected chi connectivity index (χ0v) is 25.5. The summed E-state index contributed by atoms with van der Waals surface area (Å²) in [5, 5.41) is 2.20. The highest BCUT2D eigenvalue weighted by Crippen LogP contribution is 2.53. The molecule has 4 heterocycles. The van der Waals surface area contributed by atoms with Gasteiger partial charge in [0.15, 0.2) is 0 Å². The van der Waals surface area contributed by atoms with Crippen LogP contribution < -0.4 is 4.90 Å². The third-order valence-electron chi connectivity index (χ3n) is 10.2. The number of hydrogen-bond acceptors (Lipinski definition) is 5. The Labute approximate surface area is 268 Å². The molecule has 9 rings (SSSR count). The fourth-order valence-electron chi connectivity index (χ4n) is 7.97. The van der Waals surface area contributed by atoms with Gasteiger partial charge in [0.05, 0.1) is 28.6 Å². The Hall–Kier alpha value is -5.42. The highest BCUT2D eigenvalue weighted by Gasteiger charge is 2.40. The molecule has 3 aromatic carbocycles. The third kappa shape index (κ3) is 4.71. The smallest absolute Gasteiger partial charge is 0.0970 e. The van der Waals surface area contributed by atoms with Crippen molar-refractivity contribution in [2.75, 3.05) is 4.90 Å². The summed E-state index contributed by atoms with van der Waals surface area (Å²) in [6.07, 6.45) is 14.9. The zero-order valence-electron chi connectivity index (χ0n) is 25.5. The first-order valence-electron chi connectivity index (χ1n) is 16.3. The topological polar surface area (TPSA) is 54.8 Å². The summed E-state index contributed by atoms with van der Waals surface area (Å²) in [6, 6.07) is 36.8. The molecule has 2 saturated carbocycles. The van der Waals surface area contributed by atoms with Gasteiger partial charge in [-0.25, -0.2) is 0 Å². The van der Waals surface area contributed by atoms with Crippen LogP contribution in [0.2, 0.25) is 0 Å². The van der Waals surface area contributed by atoms with Crippen molar-refractivity contribution < 1.29 is 0 Å². The van der Waals surface area contributed by atoms with Crippen molar-refractivity contribution in [3.05, 3.63) is 140 Å². The van der Waals surface area contributed by atoms with Gasteiger partial charge in [0.25, 0.3) is 0 Å². The number of fused-ring (bicyclic) bond motifs is 5. The lowest BCUT2D eigenvalue weighted by atomic mass is 9.83. The summed E-state index contributed by atoms with van der Waals surface area (Å²) in [4.78, 5) is 20.8. The molecule has 2 bridgehead atoms. The van der Waals surface area contributed by atoms with Gasteiger partial charge in [-0.15, -0.1) is 0 Å². The zero-order chi connectivity index (χ0) is 30.5. The lowest BCUT2D eigenvalue weighted by molar-refractivity contribution is 0.420. The average molecular weight is 596 g/mol. The Morgan fingerprint density at radius 2 is 1.37 bits per heavy atom. The number of pyridine rings is 4. The lowest BCUT2D eigenvalue weighted by Crippen LogP contribution is -2.12. The van der Waals surface area contributed by atoms with Gasteiger partial charge in [0.2, 0.25) is 0 Å². The molecule has 2 aliphatic carbocycles. The van der Waals surface area contributed by atoms with Crippen LogP contribution in [0.1, 0.15) is 37.2 Å². The highest BCUT2D eigenvalue weighted by atomic mass is 15.1. The van der Waals surface area contributed by atoms with Gasteiger partial charge in [-0.3, -0.25) is 19.9 Å². The van der Waals surface area contributed by atoms with Crippen LogP contribution in [-0.2, 0) is 0 Å². The fraction of sp³-hybridized carbons (Fsp3) is 0.171. The maximum absolute atomic E-state index is 4.86. The summed E-state index contributed by atoms with van der Waals surface area (Å²) < 4.78 is 0. The van der Waals surface area contributed by atoms with E-state index in [0.717, 1.165) is 73.1 Å². The Kier molecular flexibility index (Phi) is 6.55. The molecule has 5 nitrogen and oxygen atoms in total. The van der Waals surface area contributed by atoms with Crippen LogP contribution in [0.25, 0.3) is 44.2 Å². The third-order valence-corrected chi connectivity index (χ3v) is 10.2. The monoisotopic (exact) mass is 595 g/mol. The molecule has 0 N–H and O–H groups in total. The number of rotatable bonds is 6. The maximum atomic E-state index is 4.86. The van der Waals surface area contributed by atoms with Crippen LogP contribution >= 0.6 is 0 Å². The second-order valence-corrected chi connectivity index (χ2v) is 12.8. The predicted molar refractivity (Wildman–Crippen MR) is 186 cm³/mol. The van der Waals surface area contributed by atoms with Crippen molar-refractivity contribution in [2.45, 2.75) is 31.6 Å². The van der Waals surface area contributed by atoms with E-state index in [1.807, 2.05) is 43.0 Å². The second-order valence-electron chi connectivity index (χ2n) is 12.8. The van der Waals surface area contributed by atoms with Crippen molar-refractivity contribution in [3.63, 3.8) is 0 Å². The Morgan fingerprint density at radius 3 is 2.11 bits per heavy atom. The summed E-state index contributed by atoms with van der Waals surface area (Å²) in [7, 11) is 0. The van der Waals surface area contributed by atoms with E-state index in [0.29, 0.717) is 5.92 Å². The van der Waals surface area contributed by atoms with Gasteiger partial charge in [-0.05, 0) is 114 Å². The first kappa shape index (κ1) is 26.9. The minimum absolute atomic E-state index is 0.712. The summed E-state index contributed by atoms with van der Waals surface area (Å²) in [6.45, 7) is 0. The summed E-state index contributed by atoms with van der Waals surface area (Å²) in [5.41, 5.74) is 10.8. The number of anilines is 3. The largest absolute Gasteiger partial charge is 0.309 e. The second kappa shape index (κ2) is 11.2. The SMILES string of the molecule is c1cncc(-c2ccc(N(c3ccc(-c4ccnc5c4ccc4cccnc45)cc3)c3ccc(C4CC5CCC4C5)cc3)cn2)c1. The van der Waals surface area contributed by atoms with Gasteiger partial charge >= 0.3 is 0 Å². The average Bonchev–Trinajstić information content (AvgIpc) is 3.77. The van der Waals surface area contributed by atoms with Crippen molar-refractivity contribution in [2.24, 2.45) is 11.8 Å². The summed E-state index contributed by atoms with van der Waals surface area (Å²) >= 11 is 0. The van der Waals surface area contributed by atoms with Crippen LogP contribution in [-0.4, -0.2) is 19.9 Å². The molecule has 0 aliphatic heterocycles. The number of benzene rings is 3. The first-order chi connectivity index (χ1) is 22.8. The van der Waals surface area contributed by atoms with E-state index in [4.69, 9.17) is 9.97 Å². The molecule has 2 aliphatic rings. The molecule has 3 unspecified atom stereocenters. The molecule has 7 aromatic rings. The van der Waals surface area contributed by atoms with Crippen molar-refractivity contribution >= 4 is 38.9 Å². The Morgan fingerprint density at radius 1 is 0.565 bits per heavy atom. The van der Waals surface area contributed by atoms with E-state index in [-0.39, 0.29) is 0 Å². The van der Waals surface area contributed by atoms with Crippen LogP contribution in [0, 0.1) is 11.8 Å². The molecule has 3 atom stereocenters. The van der Waals surface area contributed by atoms with Crippen LogP contribution in [0.15, 0.2) is 134 Å². The van der Waals surface area contributed by atoms with Crippen molar-refractivity contribution in [1.82, 2.24) is 19.9 Å². The molecule has 46 heavy (non-hydrogen) atoms. The molecular weight excluding hydrogens is 562 g/mol. The molecule has 0 radical (unpaired) electrons. The van der Waals surface area contributed by atoms with E-state index in [9.17, 15) is 0 Å². The van der Waals surface area contributed by atoms with E-state index in [2.05, 4.69) is 99.8 Å². The van der Waals surface area contributed by atoms with E-state index < -0.39 is 0 Å².